The molecule has 0 saturated carbocycles. The Morgan fingerprint density at radius 1 is 1.78 bits per heavy atom. The minimum atomic E-state index is -0.00347. The van der Waals surface area contributed by atoms with E-state index in [1.165, 1.54) is 0 Å². The predicted octanol–water partition coefficient (Wildman–Crippen LogP) is -2.79. The summed E-state index contributed by atoms with van der Waals surface area (Å²) in [6.45, 7) is 0.839. The number of amides is 1. The van der Waals surface area contributed by atoms with Gasteiger partial charge in [0.15, 0.2) is 0 Å². The summed E-state index contributed by atoms with van der Waals surface area (Å²) in [5.74, 6) is -0.00347. The number of rotatable bonds is 0. The maximum atomic E-state index is 10.6. The van der Waals surface area contributed by atoms with Crippen molar-refractivity contribution in [2.75, 3.05) is 13.6 Å². The van der Waals surface area contributed by atoms with E-state index in [0.29, 0.717) is 0 Å². The summed E-state index contributed by atoms with van der Waals surface area (Å²) < 4.78 is 0. The summed E-state index contributed by atoms with van der Waals surface area (Å²) in [5, 5.41) is 0. The first kappa shape index (κ1) is 8.81. The monoisotopic (exact) mass is 117 g/mol. The summed E-state index contributed by atoms with van der Waals surface area (Å²) >= 11 is 0. The Balaban J connectivity index is 0.000000640. The third-order valence-corrected chi connectivity index (χ3v) is 1.18. The molecule has 9 heavy (non-hydrogen) atoms. The molecule has 0 spiro atoms. The van der Waals surface area contributed by atoms with Crippen molar-refractivity contribution in [1.82, 2.24) is 4.90 Å². The molecule has 0 radical (unpaired) electrons. The van der Waals surface area contributed by atoms with Crippen molar-refractivity contribution in [3.8, 4) is 0 Å². The standard InChI is InChI=1S/C6H8NO.Li/c1-7-5-3-2-4-6(7)8;/h2H,3,5H2,1H3;/q-1;+1. The molecule has 0 aromatic heterocycles. The molecular formula is C6H8LiNO. The SMILES string of the molecule is CN1CCC=[C-]C1=O.[Li+]. The van der Waals surface area contributed by atoms with E-state index >= 15 is 0 Å². The largest absolute Gasteiger partial charge is 1.00 e. The van der Waals surface area contributed by atoms with Crippen LogP contribution in [-0.2, 0) is 4.79 Å². The first-order chi connectivity index (χ1) is 3.80. The van der Waals surface area contributed by atoms with E-state index < -0.39 is 0 Å². The van der Waals surface area contributed by atoms with Crippen LogP contribution in [0.5, 0.6) is 0 Å². The third-order valence-electron chi connectivity index (χ3n) is 1.18. The van der Waals surface area contributed by atoms with Gasteiger partial charge in [-0.15, -0.1) is 0 Å². The van der Waals surface area contributed by atoms with Crippen molar-refractivity contribution >= 4 is 5.91 Å². The van der Waals surface area contributed by atoms with Crippen LogP contribution < -0.4 is 18.9 Å². The fourth-order valence-electron chi connectivity index (χ4n) is 0.629. The van der Waals surface area contributed by atoms with Gasteiger partial charge in [-0.3, -0.25) is 6.08 Å². The van der Waals surface area contributed by atoms with Crippen LogP contribution in [0.2, 0.25) is 0 Å². The van der Waals surface area contributed by atoms with Gasteiger partial charge in [-0.1, -0.05) is 0 Å². The summed E-state index contributed by atoms with van der Waals surface area (Å²) in [7, 11) is 1.78. The zero-order chi connectivity index (χ0) is 5.98. The zero-order valence-corrected chi connectivity index (χ0v) is 5.85. The average molecular weight is 117 g/mol. The molecule has 1 aliphatic rings. The molecule has 0 aromatic rings. The Morgan fingerprint density at radius 2 is 2.44 bits per heavy atom. The van der Waals surface area contributed by atoms with Gasteiger partial charge >= 0.3 is 18.9 Å². The van der Waals surface area contributed by atoms with E-state index in [4.69, 9.17) is 0 Å². The van der Waals surface area contributed by atoms with E-state index in [-0.39, 0.29) is 24.8 Å². The normalized spacial score (nSPS) is 17.4. The van der Waals surface area contributed by atoms with Crippen molar-refractivity contribution in [3.63, 3.8) is 0 Å². The van der Waals surface area contributed by atoms with Gasteiger partial charge in [0, 0.05) is 13.6 Å². The molecule has 0 saturated heterocycles. The van der Waals surface area contributed by atoms with Crippen LogP contribution in [-0.4, -0.2) is 24.4 Å². The van der Waals surface area contributed by atoms with Gasteiger partial charge in [-0.25, -0.2) is 0 Å². The number of carbonyl (C=O) groups is 1. The molecule has 1 rings (SSSR count). The topological polar surface area (TPSA) is 20.3 Å². The van der Waals surface area contributed by atoms with Crippen molar-refractivity contribution in [1.29, 1.82) is 0 Å². The summed E-state index contributed by atoms with van der Waals surface area (Å²) in [6, 6.07) is 0. The van der Waals surface area contributed by atoms with E-state index in [1.54, 1.807) is 18.0 Å². The van der Waals surface area contributed by atoms with E-state index in [9.17, 15) is 4.79 Å². The van der Waals surface area contributed by atoms with Crippen LogP contribution in [0, 0.1) is 6.08 Å². The third kappa shape index (κ3) is 2.25. The van der Waals surface area contributed by atoms with Gasteiger partial charge < -0.3 is 15.8 Å². The van der Waals surface area contributed by atoms with Gasteiger partial charge in [0.2, 0.25) is 0 Å². The van der Waals surface area contributed by atoms with Crippen molar-refractivity contribution < 1.29 is 23.7 Å². The van der Waals surface area contributed by atoms with Crippen LogP contribution in [0.4, 0.5) is 0 Å². The van der Waals surface area contributed by atoms with Crippen LogP contribution in [0.15, 0.2) is 6.08 Å². The molecule has 0 aromatic carbocycles. The van der Waals surface area contributed by atoms with Gasteiger partial charge in [0.1, 0.15) is 0 Å². The Labute approximate surface area is 67.1 Å². The maximum Gasteiger partial charge on any atom is 1.00 e. The minimum absolute atomic E-state index is 0. The molecule has 0 fully saturated rings. The molecule has 3 heteroatoms. The summed E-state index contributed by atoms with van der Waals surface area (Å²) in [6.07, 6.45) is 5.32. The average Bonchev–Trinajstić information content (AvgIpc) is 1.77. The number of carbonyl (C=O) groups excluding carboxylic acids is 1. The van der Waals surface area contributed by atoms with E-state index in [2.05, 4.69) is 6.08 Å². The molecule has 0 atom stereocenters. The number of hydrogen-bond donors (Lipinski definition) is 0. The first-order valence-electron chi connectivity index (χ1n) is 2.64. The Bertz CT molecular complexity index is 133. The molecule has 0 unspecified atom stereocenters. The second-order valence-corrected chi connectivity index (χ2v) is 1.86. The molecule has 2 nitrogen and oxygen atoms in total. The second-order valence-electron chi connectivity index (χ2n) is 1.86. The number of hydrogen-bond acceptors (Lipinski definition) is 1. The van der Waals surface area contributed by atoms with E-state index in [1.807, 2.05) is 0 Å². The molecular weight excluding hydrogens is 109 g/mol. The van der Waals surface area contributed by atoms with Gasteiger partial charge in [-0.2, -0.15) is 0 Å². The van der Waals surface area contributed by atoms with E-state index in [0.717, 1.165) is 13.0 Å². The quantitative estimate of drug-likeness (QED) is 0.248. The Kier molecular flexibility index (Phi) is 3.68. The van der Waals surface area contributed by atoms with Crippen LogP contribution in [0.3, 0.4) is 0 Å². The molecule has 0 N–H and O–H groups in total. The van der Waals surface area contributed by atoms with Crippen molar-refractivity contribution in [2.24, 2.45) is 0 Å². The molecule has 1 aliphatic heterocycles. The first-order valence-corrected chi connectivity index (χ1v) is 2.64. The number of likely N-dealkylation sites (N-methyl/N-ethyl adjacent to an activating group) is 1. The fourth-order valence-corrected chi connectivity index (χ4v) is 0.629. The number of nitrogens with zero attached hydrogens (tertiary/aromatic N) is 1. The van der Waals surface area contributed by atoms with Crippen LogP contribution in [0.25, 0.3) is 0 Å². The molecule has 44 valence electrons. The van der Waals surface area contributed by atoms with Crippen molar-refractivity contribution in [2.45, 2.75) is 6.42 Å². The van der Waals surface area contributed by atoms with Crippen molar-refractivity contribution in [3.05, 3.63) is 12.2 Å². The van der Waals surface area contributed by atoms with Gasteiger partial charge in [-0.05, 0) is 6.42 Å². The molecule has 0 aliphatic carbocycles. The Hall–Kier alpha value is -0.193. The van der Waals surface area contributed by atoms with Gasteiger partial charge in [0.05, 0.1) is 5.91 Å². The summed E-state index contributed by atoms with van der Waals surface area (Å²) in [5.41, 5.74) is 0. The molecule has 1 heterocycles. The zero-order valence-electron chi connectivity index (χ0n) is 5.85. The predicted molar refractivity (Wildman–Crippen MR) is 30.1 cm³/mol. The molecule has 0 bridgehead atoms. The second kappa shape index (κ2) is 3.76. The molecule has 1 amide bonds. The van der Waals surface area contributed by atoms with Crippen LogP contribution in [0.1, 0.15) is 6.42 Å². The van der Waals surface area contributed by atoms with Gasteiger partial charge in [0.25, 0.3) is 0 Å². The minimum Gasteiger partial charge on any atom is -0.408 e. The summed E-state index contributed by atoms with van der Waals surface area (Å²) in [4.78, 5) is 12.2. The van der Waals surface area contributed by atoms with Crippen LogP contribution >= 0.6 is 0 Å². The Morgan fingerprint density at radius 3 is 2.78 bits per heavy atom. The fraction of sp³-hybridized carbons (Fsp3) is 0.500. The maximum absolute atomic E-state index is 10.6. The smallest absolute Gasteiger partial charge is 0.408 e.